The van der Waals surface area contributed by atoms with Gasteiger partial charge < -0.3 is 15.0 Å². The lowest BCUT2D eigenvalue weighted by molar-refractivity contribution is 0.411. The molecule has 1 N–H and O–H groups in total. The summed E-state index contributed by atoms with van der Waals surface area (Å²) in [7, 11) is 1.64. The molecule has 0 aliphatic heterocycles. The highest BCUT2D eigenvalue weighted by atomic mass is 35.5. The summed E-state index contributed by atoms with van der Waals surface area (Å²) in [6, 6.07) is 19.4. The molecule has 27 heavy (non-hydrogen) atoms. The van der Waals surface area contributed by atoms with Crippen molar-refractivity contribution in [2.75, 3.05) is 12.4 Å². The van der Waals surface area contributed by atoms with Gasteiger partial charge in [0.05, 0.1) is 7.11 Å². The molecule has 0 spiro atoms. The monoisotopic (exact) mass is 397 g/mol. The predicted octanol–water partition coefficient (Wildman–Crippen LogP) is 5.14. The number of hydrogen-bond donors (Lipinski definition) is 1. The van der Waals surface area contributed by atoms with E-state index in [1.165, 1.54) is 0 Å². The van der Waals surface area contributed by atoms with E-state index >= 15 is 0 Å². The predicted molar refractivity (Wildman–Crippen MR) is 114 cm³/mol. The summed E-state index contributed by atoms with van der Waals surface area (Å²) in [5.41, 5.74) is 2.95. The first kappa shape index (κ1) is 19.1. The van der Waals surface area contributed by atoms with E-state index in [-0.39, 0.29) is 0 Å². The molecule has 0 aliphatic carbocycles. The van der Waals surface area contributed by atoms with Crippen LogP contribution in [0.5, 0.6) is 5.75 Å². The van der Waals surface area contributed by atoms with Gasteiger partial charge in [0, 0.05) is 42.3 Å². The highest BCUT2D eigenvalue weighted by Gasteiger charge is 2.14. The standard InChI is InChI=1S/C21H20ClN3OS/c1-26-19-9-4-8-18(12-19)24-21(27)25(14-16-6-5-11-23-13-16)15-17-7-2-3-10-20(17)22/h2-13H,14-15H2,1H3,(H,24,27). The minimum atomic E-state index is 0.588. The van der Waals surface area contributed by atoms with E-state index in [0.717, 1.165) is 27.6 Å². The van der Waals surface area contributed by atoms with Crippen molar-refractivity contribution in [3.63, 3.8) is 0 Å². The van der Waals surface area contributed by atoms with Gasteiger partial charge in [-0.1, -0.05) is 41.9 Å². The lowest BCUT2D eigenvalue weighted by Crippen LogP contribution is -2.34. The molecular formula is C21H20ClN3OS. The van der Waals surface area contributed by atoms with Crippen LogP contribution >= 0.6 is 23.8 Å². The molecule has 0 unspecified atom stereocenters. The number of nitrogens with one attached hydrogen (secondary N) is 1. The third-order valence-electron chi connectivity index (χ3n) is 4.02. The SMILES string of the molecule is COc1cccc(NC(=S)N(Cc2cccnc2)Cc2ccccc2Cl)c1. The number of halogens is 1. The van der Waals surface area contributed by atoms with E-state index in [9.17, 15) is 0 Å². The summed E-state index contributed by atoms with van der Waals surface area (Å²) in [5.74, 6) is 0.771. The topological polar surface area (TPSA) is 37.4 Å². The molecule has 0 fully saturated rings. The second kappa shape index (κ2) is 9.35. The highest BCUT2D eigenvalue weighted by molar-refractivity contribution is 7.80. The maximum atomic E-state index is 6.36. The van der Waals surface area contributed by atoms with Crippen molar-refractivity contribution in [2.45, 2.75) is 13.1 Å². The lowest BCUT2D eigenvalue weighted by atomic mass is 10.2. The van der Waals surface area contributed by atoms with Gasteiger partial charge in [0.15, 0.2) is 5.11 Å². The van der Waals surface area contributed by atoms with Gasteiger partial charge in [0.2, 0.25) is 0 Å². The quantitative estimate of drug-likeness (QED) is 0.582. The Morgan fingerprint density at radius 1 is 1.11 bits per heavy atom. The first-order valence-corrected chi connectivity index (χ1v) is 9.26. The molecule has 0 amide bonds. The molecule has 3 rings (SSSR count). The average Bonchev–Trinajstić information content (AvgIpc) is 2.70. The minimum absolute atomic E-state index is 0.588. The molecule has 3 aromatic rings. The summed E-state index contributed by atoms with van der Waals surface area (Å²) in [6.45, 7) is 1.21. The molecule has 4 nitrogen and oxygen atoms in total. The van der Waals surface area contributed by atoms with E-state index < -0.39 is 0 Å². The van der Waals surface area contributed by atoms with Crippen LogP contribution < -0.4 is 10.1 Å². The van der Waals surface area contributed by atoms with Crippen LogP contribution in [0.4, 0.5) is 5.69 Å². The number of hydrogen-bond acceptors (Lipinski definition) is 3. The number of anilines is 1. The van der Waals surface area contributed by atoms with Crippen LogP contribution in [0.15, 0.2) is 73.1 Å². The minimum Gasteiger partial charge on any atom is -0.497 e. The maximum absolute atomic E-state index is 6.36. The first-order valence-electron chi connectivity index (χ1n) is 8.48. The van der Waals surface area contributed by atoms with Crippen molar-refractivity contribution >= 4 is 34.6 Å². The number of benzene rings is 2. The van der Waals surface area contributed by atoms with Gasteiger partial charge in [-0.05, 0) is 47.6 Å². The van der Waals surface area contributed by atoms with E-state index in [1.54, 1.807) is 13.3 Å². The number of aromatic nitrogens is 1. The van der Waals surface area contributed by atoms with Crippen LogP contribution in [0.1, 0.15) is 11.1 Å². The third-order valence-corrected chi connectivity index (χ3v) is 4.75. The molecule has 0 saturated carbocycles. The average molecular weight is 398 g/mol. The van der Waals surface area contributed by atoms with E-state index in [0.29, 0.717) is 18.2 Å². The number of ether oxygens (including phenoxy) is 1. The Hall–Kier alpha value is -2.63. The molecule has 1 heterocycles. The highest BCUT2D eigenvalue weighted by Crippen LogP contribution is 2.21. The largest absolute Gasteiger partial charge is 0.497 e. The zero-order chi connectivity index (χ0) is 19.1. The molecule has 138 valence electrons. The van der Waals surface area contributed by atoms with Crippen LogP contribution in [0.3, 0.4) is 0 Å². The van der Waals surface area contributed by atoms with Gasteiger partial charge in [-0.2, -0.15) is 0 Å². The van der Waals surface area contributed by atoms with E-state index in [1.807, 2.05) is 66.9 Å². The van der Waals surface area contributed by atoms with Gasteiger partial charge in [-0.3, -0.25) is 4.98 Å². The van der Waals surface area contributed by atoms with Crippen LogP contribution in [-0.4, -0.2) is 22.1 Å². The summed E-state index contributed by atoms with van der Waals surface area (Å²) < 4.78 is 5.28. The molecule has 2 aromatic carbocycles. The Morgan fingerprint density at radius 2 is 1.96 bits per heavy atom. The summed E-state index contributed by atoms with van der Waals surface area (Å²) in [5, 5.41) is 4.61. The number of thiocarbonyl (C=S) groups is 1. The van der Waals surface area contributed by atoms with Crippen molar-refractivity contribution in [3.8, 4) is 5.75 Å². The van der Waals surface area contributed by atoms with Crippen LogP contribution in [0, 0.1) is 0 Å². The molecule has 6 heteroatoms. The van der Waals surface area contributed by atoms with Gasteiger partial charge in [-0.25, -0.2) is 0 Å². The Morgan fingerprint density at radius 3 is 2.70 bits per heavy atom. The molecule has 0 radical (unpaired) electrons. The Balaban J connectivity index is 1.81. The molecule has 0 bridgehead atoms. The van der Waals surface area contributed by atoms with Crippen molar-refractivity contribution in [2.24, 2.45) is 0 Å². The lowest BCUT2D eigenvalue weighted by Gasteiger charge is -2.26. The second-order valence-electron chi connectivity index (χ2n) is 5.97. The Kier molecular flexibility index (Phi) is 6.63. The fourth-order valence-corrected chi connectivity index (χ4v) is 3.09. The molecule has 0 saturated heterocycles. The zero-order valence-electron chi connectivity index (χ0n) is 14.9. The van der Waals surface area contributed by atoms with Crippen molar-refractivity contribution < 1.29 is 4.74 Å². The van der Waals surface area contributed by atoms with E-state index in [4.69, 9.17) is 28.6 Å². The second-order valence-corrected chi connectivity index (χ2v) is 6.76. The van der Waals surface area contributed by atoms with Crippen LogP contribution in [0.25, 0.3) is 0 Å². The maximum Gasteiger partial charge on any atom is 0.174 e. The van der Waals surface area contributed by atoms with E-state index in [2.05, 4.69) is 15.2 Å². The fourth-order valence-electron chi connectivity index (χ4n) is 2.65. The van der Waals surface area contributed by atoms with Crippen molar-refractivity contribution in [3.05, 3.63) is 89.2 Å². The first-order chi connectivity index (χ1) is 13.2. The third kappa shape index (κ3) is 5.42. The smallest absolute Gasteiger partial charge is 0.174 e. The van der Waals surface area contributed by atoms with Crippen LogP contribution in [-0.2, 0) is 13.1 Å². The van der Waals surface area contributed by atoms with Gasteiger partial charge >= 0.3 is 0 Å². The van der Waals surface area contributed by atoms with Crippen LogP contribution in [0.2, 0.25) is 5.02 Å². The molecular weight excluding hydrogens is 378 g/mol. The summed E-state index contributed by atoms with van der Waals surface area (Å²) in [4.78, 5) is 6.26. The number of pyridine rings is 1. The van der Waals surface area contributed by atoms with Crippen molar-refractivity contribution in [1.82, 2.24) is 9.88 Å². The Bertz CT molecular complexity index is 905. The number of nitrogens with zero attached hydrogens (tertiary/aromatic N) is 2. The molecule has 0 atom stereocenters. The zero-order valence-corrected chi connectivity index (χ0v) is 16.5. The number of methoxy groups -OCH3 is 1. The molecule has 1 aromatic heterocycles. The number of rotatable bonds is 6. The fraction of sp³-hybridized carbons (Fsp3) is 0.143. The van der Waals surface area contributed by atoms with Crippen molar-refractivity contribution in [1.29, 1.82) is 0 Å². The van der Waals surface area contributed by atoms with Gasteiger partial charge in [0.1, 0.15) is 5.75 Å². The van der Waals surface area contributed by atoms with Gasteiger partial charge in [-0.15, -0.1) is 0 Å². The molecule has 0 aliphatic rings. The Labute approximate surface area is 169 Å². The summed E-state index contributed by atoms with van der Waals surface area (Å²) >= 11 is 12.0. The normalized spacial score (nSPS) is 10.3. The van der Waals surface area contributed by atoms with Gasteiger partial charge in [0.25, 0.3) is 0 Å². The summed E-state index contributed by atoms with van der Waals surface area (Å²) in [6.07, 6.45) is 3.60.